The number of anilines is 1. The van der Waals surface area contributed by atoms with Crippen molar-refractivity contribution in [3.8, 4) is 0 Å². The maximum absolute atomic E-state index is 12.3. The van der Waals surface area contributed by atoms with Gasteiger partial charge in [0, 0.05) is 43.8 Å². The number of benzene rings is 2. The van der Waals surface area contributed by atoms with Gasteiger partial charge in [-0.05, 0) is 30.5 Å². The Kier molecular flexibility index (Phi) is 6.71. The first-order valence-electron chi connectivity index (χ1n) is 9.30. The molecule has 0 aliphatic carbocycles. The lowest BCUT2D eigenvalue weighted by atomic mass is 10.1. The van der Waals surface area contributed by atoms with Crippen LogP contribution in [0.1, 0.15) is 12.0 Å². The molecule has 8 heteroatoms. The van der Waals surface area contributed by atoms with Gasteiger partial charge in [0.15, 0.2) is 0 Å². The highest BCUT2D eigenvalue weighted by molar-refractivity contribution is 6.30. The van der Waals surface area contributed by atoms with Crippen molar-refractivity contribution in [2.45, 2.75) is 12.8 Å². The molecule has 0 spiro atoms. The Labute approximate surface area is 169 Å². The summed E-state index contributed by atoms with van der Waals surface area (Å²) in [6.07, 6.45) is 1.81. The molecule has 148 valence electrons. The van der Waals surface area contributed by atoms with Gasteiger partial charge in [0.1, 0.15) is 5.69 Å². The molecular weight excluding hydrogens is 380 g/mol. The lowest BCUT2D eigenvalue weighted by molar-refractivity contribution is -0.384. The number of aryl methyl sites for hydroxylation is 1. The molecule has 1 aliphatic rings. The molecule has 1 N–H and O–H groups in total. The fraction of sp³-hybridized carbons (Fsp3) is 0.350. The van der Waals surface area contributed by atoms with E-state index in [0.717, 1.165) is 12.8 Å². The molecule has 3 rings (SSSR count). The second-order valence-corrected chi connectivity index (χ2v) is 7.12. The average Bonchev–Trinajstić information content (AvgIpc) is 2.72. The molecule has 0 radical (unpaired) electrons. The number of halogens is 1. The van der Waals surface area contributed by atoms with E-state index in [-0.39, 0.29) is 11.7 Å². The summed E-state index contributed by atoms with van der Waals surface area (Å²) in [7, 11) is 0. The first-order valence-corrected chi connectivity index (χ1v) is 9.68. The molecule has 0 atom stereocenters. The number of hydrogen-bond donors (Lipinski definition) is 1. The minimum atomic E-state index is -0.424. The summed E-state index contributed by atoms with van der Waals surface area (Å²) in [5.41, 5.74) is 1.79. The summed E-state index contributed by atoms with van der Waals surface area (Å²) in [4.78, 5) is 26.9. The van der Waals surface area contributed by atoms with E-state index >= 15 is 0 Å². The quantitative estimate of drug-likeness (QED) is 0.454. The molecule has 0 unspecified atom stereocenters. The molecule has 2 aromatic rings. The van der Waals surface area contributed by atoms with E-state index in [1.165, 1.54) is 11.6 Å². The third kappa shape index (κ3) is 5.13. The average molecular weight is 403 g/mol. The van der Waals surface area contributed by atoms with E-state index in [9.17, 15) is 14.9 Å². The van der Waals surface area contributed by atoms with Crippen molar-refractivity contribution in [3.63, 3.8) is 0 Å². The van der Waals surface area contributed by atoms with Gasteiger partial charge >= 0.3 is 6.03 Å². The third-order valence-electron chi connectivity index (χ3n) is 4.80. The number of hydrogen-bond acceptors (Lipinski definition) is 4. The number of urea groups is 1. The summed E-state index contributed by atoms with van der Waals surface area (Å²) in [6.45, 7) is 2.74. The Morgan fingerprint density at radius 3 is 2.50 bits per heavy atom. The van der Waals surface area contributed by atoms with E-state index in [4.69, 9.17) is 11.6 Å². The van der Waals surface area contributed by atoms with Crippen LogP contribution in [0.4, 0.5) is 16.2 Å². The van der Waals surface area contributed by atoms with E-state index in [1.807, 2.05) is 23.1 Å². The lowest BCUT2D eigenvalue weighted by Crippen LogP contribution is -2.52. The predicted octanol–water partition coefficient (Wildman–Crippen LogP) is 3.71. The van der Waals surface area contributed by atoms with Crippen LogP contribution in [0.25, 0.3) is 0 Å². The molecule has 2 amide bonds. The van der Waals surface area contributed by atoms with Crippen molar-refractivity contribution in [1.82, 2.24) is 10.2 Å². The number of rotatable bonds is 6. The zero-order chi connectivity index (χ0) is 19.9. The second kappa shape index (κ2) is 9.41. The van der Waals surface area contributed by atoms with Crippen molar-refractivity contribution in [3.05, 3.63) is 69.2 Å². The van der Waals surface area contributed by atoms with Gasteiger partial charge in [-0.15, -0.1) is 0 Å². The standard InChI is InChI=1S/C20H23ClN4O3/c21-17-8-9-18(19(15-17)25(27)28)23-11-13-24(14-12-23)20(26)22-10-4-7-16-5-2-1-3-6-16/h1-3,5-6,8-9,15H,4,7,10-14H2,(H,22,26). The number of carbonyl (C=O) groups excluding carboxylic acids is 1. The van der Waals surface area contributed by atoms with Crippen molar-refractivity contribution in [2.75, 3.05) is 37.6 Å². The summed E-state index contributed by atoms with van der Waals surface area (Å²) >= 11 is 5.88. The van der Waals surface area contributed by atoms with Crippen LogP contribution in [0.2, 0.25) is 5.02 Å². The zero-order valence-corrected chi connectivity index (χ0v) is 16.3. The van der Waals surface area contributed by atoms with Gasteiger partial charge in [-0.1, -0.05) is 41.9 Å². The molecule has 0 bridgehead atoms. The summed E-state index contributed by atoms with van der Waals surface area (Å²) in [5, 5.41) is 14.6. The maximum Gasteiger partial charge on any atom is 0.317 e. The Morgan fingerprint density at radius 1 is 1.11 bits per heavy atom. The molecule has 28 heavy (non-hydrogen) atoms. The van der Waals surface area contributed by atoms with Gasteiger partial charge in [-0.25, -0.2) is 4.79 Å². The van der Waals surface area contributed by atoms with Crippen LogP contribution in [0.3, 0.4) is 0 Å². The van der Waals surface area contributed by atoms with E-state index in [2.05, 4.69) is 17.4 Å². The van der Waals surface area contributed by atoms with Crippen LogP contribution in [0, 0.1) is 10.1 Å². The normalized spacial score (nSPS) is 14.0. The van der Waals surface area contributed by atoms with Crippen LogP contribution in [-0.4, -0.2) is 48.6 Å². The maximum atomic E-state index is 12.3. The number of amides is 2. The fourth-order valence-corrected chi connectivity index (χ4v) is 3.47. The summed E-state index contributed by atoms with van der Waals surface area (Å²) < 4.78 is 0. The van der Waals surface area contributed by atoms with Gasteiger partial charge in [0.25, 0.3) is 5.69 Å². The van der Waals surface area contributed by atoms with Crippen LogP contribution in [0.15, 0.2) is 48.5 Å². The Bertz CT molecular complexity index is 823. The predicted molar refractivity (Wildman–Crippen MR) is 110 cm³/mol. The van der Waals surface area contributed by atoms with E-state index in [1.54, 1.807) is 17.0 Å². The highest BCUT2D eigenvalue weighted by Gasteiger charge is 2.25. The van der Waals surface area contributed by atoms with Crippen LogP contribution >= 0.6 is 11.6 Å². The molecule has 7 nitrogen and oxygen atoms in total. The number of carbonyl (C=O) groups is 1. The number of nitrogens with one attached hydrogen (secondary N) is 1. The molecular formula is C20H23ClN4O3. The fourth-order valence-electron chi connectivity index (χ4n) is 3.30. The van der Waals surface area contributed by atoms with Gasteiger partial charge in [0.2, 0.25) is 0 Å². The molecule has 0 aromatic heterocycles. The van der Waals surface area contributed by atoms with Crippen molar-refractivity contribution >= 4 is 29.0 Å². The number of nitrogens with zero attached hydrogens (tertiary/aromatic N) is 3. The van der Waals surface area contributed by atoms with Gasteiger partial charge in [0.05, 0.1) is 4.92 Å². The van der Waals surface area contributed by atoms with Gasteiger partial charge in [-0.2, -0.15) is 0 Å². The van der Waals surface area contributed by atoms with E-state index < -0.39 is 4.92 Å². The number of nitro benzene ring substituents is 1. The van der Waals surface area contributed by atoms with Gasteiger partial charge < -0.3 is 15.1 Å². The monoisotopic (exact) mass is 402 g/mol. The summed E-state index contributed by atoms with van der Waals surface area (Å²) in [6, 6.07) is 14.8. The smallest absolute Gasteiger partial charge is 0.317 e. The number of nitro groups is 1. The molecule has 1 heterocycles. The largest absolute Gasteiger partial charge is 0.362 e. The molecule has 1 fully saturated rings. The first-order chi connectivity index (χ1) is 13.5. The van der Waals surface area contributed by atoms with Crippen LogP contribution in [0.5, 0.6) is 0 Å². The second-order valence-electron chi connectivity index (χ2n) is 6.69. The zero-order valence-electron chi connectivity index (χ0n) is 15.5. The van der Waals surface area contributed by atoms with Crippen molar-refractivity contribution in [2.24, 2.45) is 0 Å². The Hall–Kier alpha value is -2.80. The number of piperazine rings is 1. The topological polar surface area (TPSA) is 78.7 Å². The molecule has 0 saturated carbocycles. The Balaban J connectivity index is 1.46. The highest BCUT2D eigenvalue weighted by atomic mass is 35.5. The third-order valence-corrected chi connectivity index (χ3v) is 5.04. The Morgan fingerprint density at radius 2 is 1.82 bits per heavy atom. The first kappa shape index (κ1) is 19.9. The lowest BCUT2D eigenvalue weighted by Gasteiger charge is -2.35. The molecule has 1 aliphatic heterocycles. The van der Waals surface area contributed by atoms with Crippen LogP contribution in [-0.2, 0) is 6.42 Å². The molecule has 2 aromatic carbocycles. The SMILES string of the molecule is O=C(NCCCc1ccccc1)N1CCN(c2ccc(Cl)cc2[N+](=O)[O-])CC1. The van der Waals surface area contributed by atoms with Crippen LogP contribution < -0.4 is 10.2 Å². The molecule has 1 saturated heterocycles. The van der Waals surface area contributed by atoms with Gasteiger partial charge in [-0.3, -0.25) is 10.1 Å². The minimum Gasteiger partial charge on any atom is -0.362 e. The van der Waals surface area contributed by atoms with Crippen molar-refractivity contribution in [1.29, 1.82) is 0 Å². The minimum absolute atomic E-state index is 0.00804. The summed E-state index contributed by atoms with van der Waals surface area (Å²) in [5.74, 6) is 0. The highest BCUT2D eigenvalue weighted by Crippen LogP contribution is 2.31. The van der Waals surface area contributed by atoms with Crippen molar-refractivity contribution < 1.29 is 9.72 Å². The van der Waals surface area contributed by atoms with E-state index in [0.29, 0.717) is 43.4 Å².